The third-order valence-electron chi connectivity index (χ3n) is 2.57. The summed E-state index contributed by atoms with van der Waals surface area (Å²) in [6, 6.07) is 6.65. The highest BCUT2D eigenvalue weighted by atomic mass is 127. The largest absolute Gasteiger partial charge is 0.377 e. The number of benzene rings is 1. The summed E-state index contributed by atoms with van der Waals surface area (Å²) in [5.74, 6) is 0. The molecule has 1 rings (SSSR count). The van der Waals surface area contributed by atoms with Crippen LogP contribution in [0.3, 0.4) is 0 Å². The molecule has 0 aliphatic carbocycles. The lowest BCUT2D eigenvalue weighted by atomic mass is 10.1. The van der Waals surface area contributed by atoms with Crippen molar-refractivity contribution in [3.05, 3.63) is 31.8 Å². The standard InChI is InChI=1S/C14H21BrINO/c1-4-7-17-14(9-18-10(2)3)12-8-11(15)5-6-13(12)16/h5-6,8,10,14,17H,4,7,9H2,1-3H3. The van der Waals surface area contributed by atoms with E-state index >= 15 is 0 Å². The molecule has 0 radical (unpaired) electrons. The number of hydrogen-bond donors (Lipinski definition) is 1. The normalized spacial score (nSPS) is 13.0. The van der Waals surface area contributed by atoms with E-state index in [-0.39, 0.29) is 12.1 Å². The van der Waals surface area contributed by atoms with Crippen LogP contribution in [0.25, 0.3) is 0 Å². The summed E-state index contributed by atoms with van der Waals surface area (Å²) in [4.78, 5) is 0. The van der Waals surface area contributed by atoms with E-state index in [9.17, 15) is 0 Å². The van der Waals surface area contributed by atoms with E-state index in [1.165, 1.54) is 9.13 Å². The number of halogens is 2. The van der Waals surface area contributed by atoms with E-state index in [1.807, 2.05) is 0 Å². The van der Waals surface area contributed by atoms with Crippen molar-refractivity contribution in [1.29, 1.82) is 0 Å². The van der Waals surface area contributed by atoms with Gasteiger partial charge in [-0.3, -0.25) is 0 Å². The minimum Gasteiger partial charge on any atom is -0.377 e. The summed E-state index contributed by atoms with van der Waals surface area (Å²) in [6.45, 7) is 8.05. The third kappa shape index (κ3) is 5.55. The van der Waals surface area contributed by atoms with Gasteiger partial charge < -0.3 is 10.1 Å². The maximum Gasteiger partial charge on any atom is 0.0665 e. The number of hydrogen-bond acceptors (Lipinski definition) is 2. The molecule has 0 saturated carbocycles. The summed E-state index contributed by atoms with van der Waals surface area (Å²) in [7, 11) is 0. The molecule has 1 aromatic rings. The molecule has 0 spiro atoms. The Labute approximate surface area is 132 Å². The Balaban J connectivity index is 2.82. The number of ether oxygens (including phenoxy) is 1. The average Bonchev–Trinajstić information content (AvgIpc) is 2.32. The van der Waals surface area contributed by atoms with Crippen LogP contribution in [0.15, 0.2) is 22.7 Å². The number of nitrogens with one attached hydrogen (secondary N) is 1. The van der Waals surface area contributed by atoms with Gasteiger partial charge in [-0.05, 0) is 73.2 Å². The lowest BCUT2D eigenvalue weighted by molar-refractivity contribution is 0.0610. The maximum atomic E-state index is 5.77. The zero-order valence-electron chi connectivity index (χ0n) is 11.2. The van der Waals surface area contributed by atoms with E-state index in [0.717, 1.165) is 17.4 Å². The van der Waals surface area contributed by atoms with E-state index in [1.54, 1.807) is 0 Å². The number of rotatable bonds is 7. The molecule has 2 nitrogen and oxygen atoms in total. The molecular formula is C14H21BrINO. The second-order valence-corrected chi connectivity index (χ2v) is 6.63. The lowest BCUT2D eigenvalue weighted by Crippen LogP contribution is -2.28. The maximum absolute atomic E-state index is 5.77. The van der Waals surface area contributed by atoms with Gasteiger partial charge >= 0.3 is 0 Å². The molecule has 0 amide bonds. The molecule has 0 heterocycles. The van der Waals surface area contributed by atoms with E-state index in [0.29, 0.717) is 6.61 Å². The molecule has 0 fully saturated rings. The second-order valence-electron chi connectivity index (χ2n) is 4.55. The lowest BCUT2D eigenvalue weighted by Gasteiger charge is -2.22. The molecule has 1 N–H and O–H groups in total. The predicted octanol–water partition coefficient (Wildman–Crippen LogP) is 4.52. The Morgan fingerprint density at radius 2 is 2.11 bits per heavy atom. The van der Waals surface area contributed by atoms with E-state index in [4.69, 9.17) is 4.74 Å². The van der Waals surface area contributed by atoms with Crippen LogP contribution < -0.4 is 5.32 Å². The molecule has 4 heteroatoms. The minimum absolute atomic E-state index is 0.261. The van der Waals surface area contributed by atoms with Gasteiger partial charge in [0.1, 0.15) is 0 Å². The quantitative estimate of drug-likeness (QED) is 0.648. The summed E-state index contributed by atoms with van der Waals surface area (Å²) in [5.41, 5.74) is 1.30. The van der Waals surface area contributed by atoms with E-state index < -0.39 is 0 Å². The zero-order chi connectivity index (χ0) is 13.5. The SMILES string of the molecule is CCCNC(COC(C)C)c1cc(Br)ccc1I. The van der Waals surface area contributed by atoms with Crippen molar-refractivity contribution in [2.24, 2.45) is 0 Å². The Hall–Kier alpha value is 0.350. The smallest absolute Gasteiger partial charge is 0.0665 e. The second kappa shape index (κ2) is 8.51. The molecule has 0 aliphatic heterocycles. The molecular weight excluding hydrogens is 405 g/mol. The third-order valence-corrected chi connectivity index (χ3v) is 4.05. The minimum atomic E-state index is 0.261. The van der Waals surface area contributed by atoms with Crippen LogP contribution >= 0.6 is 38.5 Å². The van der Waals surface area contributed by atoms with Crippen LogP contribution in [0.2, 0.25) is 0 Å². The fraction of sp³-hybridized carbons (Fsp3) is 0.571. The highest BCUT2D eigenvalue weighted by Gasteiger charge is 2.15. The van der Waals surface area contributed by atoms with Gasteiger partial charge in [-0.2, -0.15) is 0 Å². The van der Waals surface area contributed by atoms with Gasteiger partial charge in [0.2, 0.25) is 0 Å². The first-order valence-corrected chi connectivity index (χ1v) is 8.21. The molecule has 0 aliphatic rings. The van der Waals surface area contributed by atoms with Gasteiger partial charge in [-0.25, -0.2) is 0 Å². The van der Waals surface area contributed by atoms with Crippen molar-refractivity contribution in [2.75, 3.05) is 13.2 Å². The van der Waals surface area contributed by atoms with Gasteiger partial charge in [0.25, 0.3) is 0 Å². The summed E-state index contributed by atoms with van der Waals surface area (Å²) >= 11 is 5.93. The molecule has 1 aromatic carbocycles. The van der Waals surface area contributed by atoms with Crippen LogP contribution in [0, 0.1) is 3.57 Å². The first-order chi connectivity index (χ1) is 8.54. The zero-order valence-corrected chi connectivity index (χ0v) is 14.9. The Bertz CT molecular complexity index is 371. The van der Waals surface area contributed by atoms with Crippen molar-refractivity contribution < 1.29 is 4.74 Å². The van der Waals surface area contributed by atoms with Crippen LogP contribution in [-0.4, -0.2) is 19.3 Å². The van der Waals surface area contributed by atoms with Crippen molar-refractivity contribution >= 4 is 38.5 Å². The monoisotopic (exact) mass is 425 g/mol. The summed E-state index contributed by atoms with van der Waals surface area (Å²) < 4.78 is 8.16. The van der Waals surface area contributed by atoms with Gasteiger partial charge in [0.05, 0.1) is 18.8 Å². The fourth-order valence-corrected chi connectivity index (χ4v) is 2.74. The molecule has 18 heavy (non-hydrogen) atoms. The molecule has 1 unspecified atom stereocenters. The first-order valence-electron chi connectivity index (χ1n) is 6.34. The molecule has 0 aromatic heterocycles. The van der Waals surface area contributed by atoms with Gasteiger partial charge in [-0.1, -0.05) is 22.9 Å². The van der Waals surface area contributed by atoms with Crippen LogP contribution in [0.1, 0.15) is 38.8 Å². The van der Waals surface area contributed by atoms with Gasteiger partial charge in [0, 0.05) is 8.04 Å². The van der Waals surface area contributed by atoms with Crippen LogP contribution in [0.4, 0.5) is 0 Å². The first kappa shape index (κ1) is 16.4. The van der Waals surface area contributed by atoms with Crippen molar-refractivity contribution in [1.82, 2.24) is 5.32 Å². The average molecular weight is 426 g/mol. The Morgan fingerprint density at radius 1 is 1.39 bits per heavy atom. The Morgan fingerprint density at radius 3 is 2.72 bits per heavy atom. The van der Waals surface area contributed by atoms with Gasteiger partial charge in [-0.15, -0.1) is 0 Å². The van der Waals surface area contributed by atoms with Crippen molar-refractivity contribution in [3.8, 4) is 0 Å². The summed E-state index contributed by atoms with van der Waals surface area (Å²) in [6.07, 6.45) is 1.39. The molecule has 102 valence electrons. The predicted molar refractivity (Wildman–Crippen MR) is 89.0 cm³/mol. The van der Waals surface area contributed by atoms with Crippen molar-refractivity contribution in [3.63, 3.8) is 0 Å². The van der Waals surface area contributed by atoms with E-state index in [2.05, 4.69) is 82.8 Å². The highest BCUT2D eigenvalue weighted by molar-refractivity contribution is 14.1. The fourth-order valence-electron chi connectivity index (χ4n) is 1.65. The molecule has 0 bridgehead atoms. The van der Waals surface area contributed by atoms with Crippen LogP contribution in [0.5, 0.6) is 0 Å². The molecule has 0 saturated heterocycles. The summed E-state index contributed by atoms with van der Waals surface area (Å²) in [5, 5.41) is 3.56. The van der Waals surface area contributed by atoms with Crippen molar-refractivity contribution in [2.45, 2.75) is 39.3 Å². The molecule has 1 atom stereocenters. The van der Waals surface area contributed by atoms with Crippen LogP contribution in [-0.2, 0) is 4.74 Å². The highest BCUT2D eigenvalue weighted by Crippen LogP contribution is 2.24. The topological polar surface area (TPSA) is 21.3 Å². The van der Waals surface area contributed by atoms with Gasteiger partial charge in [0.15, 0.2) is 0 Å². The Kier molecular flexibility index (Phi) is 7.75.